The number of nitrogens with two attached hydrogens (primary N) is 1. The van der Waals surface area contributed by atoms with Crippen LogP contribution in [0.2, 0.25) is 0 Å². The van der Waals surface area contributed by atoms with Crippen LogP contribution in [0.4, 0.5) is 28.4 Å². The summed E-state index contributed by atoms with van der Waals surface area (Å²) in [7, 11) is 0. The smallest absolute Gasteiger partial charge is 0.220 e. The third-order valence-electron chi connectivity index (χ3n) is 21.5. The van der Waals surface area contributed by atoms with Crippen LogP contribution in [0.1, 0.15) is 111 Å². The number of para-hydroxylation sites is 2. The fraction of sp³-hybridized carbons (Fsp3) is 0.177. The zero-order valence-corrected chi connectivity index (χ0v) is 61.8. The molecule has 0 aliphatic carbocycles. The third kappa shape index (κ3) is 11.3. The first-order chi connectivity index (χ1) is 49.9. The van der Waals surface area contributed by atoms with E-state index in [-0.39, 0.29) is 21.7 Å². The minimum atomic E-state index is -0.107. The quantitative estimate of drug-likeness (QED) is 0.113. The van der Waals surface area contributed by atoms with Gasteiger partial charge in [0.05, 0.1) is 78.3 Å². The molecule has 17 rings (SSSR count). The Balaban J connectivity index is 1.01. The molecule has 4 heterocycles. The molecule has 104 heavy (non-hydrogen) atoms. The Morgan fingerprint density at radius 3 is 1.20 bits per heavy atom. The molecule has 0 unspecified atom stereocenters. The van der Waals surface area contributed by atoms with Crippen molar-refractivity contribution >= 4 is 99.9 Å². The molecule has 13 aromatic carbocycles. The van der Waals surface area contributed by atoms with Gasteiger partial charge in [-0.1, -0.05) is 229 Å². The first kappa shape index (κ1) is 65.4. The van der Waals surface area contributed by atoms with E-state index >= 15 is 0 Å². The van der Waals surface area contributed by atoms with Crippen LogP contribution in [0.5, 0.6) is 0 Å². The number of benzene rings is 13. The molecule has 17 aromatic rings. The van der Waals surface area contributed by atoms with Gasteiger partial charge in [-0.25, -0.2) is 4.98 Å². The van der Waals surface area contributed by atoms with Gasteiger partial charge in [-0.3, -0.25) is 8.97 Å². The van der Waals surface area contributed by atoms with E-state index in [1.165, 1.54) is 43.8 Å². The average molecular weight is 1350 g/mol. The number of nitrogens with zero attached hydrogens (tertiary/aromatic N) is 5. The Bertz CT molecular complexity index is 6110. The summed E-state index contributed by atoms with van der Waals surface area (Å²) in [6.45, 7) is 30.2. The van der Waals surface area contributed by atoms with Gasteiger partial charge < -0.3 is 25.5 Å². The van der Waals surface area contributed by atoms with E-state index in [0.29, 0.717) is 5.69 Å². The van der Waals surface area contributed by atoms with Crippen molar-refractivity contribution in [3.63, 3.8) is 0 Å². The van der Waals surface area contributed by atoms with E-state index in [4.69, 9.17) is 10.7 Å². The van der Waals surface area contributed by atoms with E-state index in [0.717, 1.165) is 140 Å². The van der Waals surface area contributed by atoms with E-state index in [9.17, 15) is 0 Å². The van der Waals surface area contributed by atoms with Gasteiger partial charge in [0.1, 0.15) is 0 Å². The Labute approximate surface area is 609 Å². The number of nitrogen functional groups attached to an aromatic ring is 1. The lowest BCUT2D eigenvalue weighted by molar-refractivity contribution is 0.590. The summed E-state index contributed by atoms with van der Waals surface area (Å²) in [5.74, 6) is 0.845. The average Bonchev–Trinajstić information content (AvgIpc) is 1.53. The van der Waals surface area contributed by atoms with Crippen molar-refractivity contribution in [3.8, 4) is 61.6 Å². The molecule has 8 nitrogen and oxygen atoms in total. The standard InChI is InChI=1S/C96H88N8/c1-59-90(64-34-42-76(97)79(51-64)99-80-50-62(60-26-18-14-19-27-60)35-43-77(80)98-70-30-22-16-23-31-70)88(102-81-46-38-66(93(2,3)4)54-72(81)73-55-67(94(5,6)7)39-47-82(73)102)58-89(103-83-48-40-68(95(8,9)10)56-74(83)75-57-69(96(11,12)13)41-49-84(75)103)91(59)65-36-44-78-86(53-65)104-87-52-63(61-28-20-15-21-29-61)37-45-85(87)101(92(104)100-78)71-32-24-17-25-33-71/h14-58,98-99H,97H2,1-13H3. The number of rotatable bonds is 11. The highest BCUT2D eigenvalue weighted by atomic mass is 15.2. The number of hydrogen-bond donors (Lipinski definition) is 3. The van der Waals surface area contributed by atoms with E-state index in [1.54, 1.807) is 0 Å². The van der Waals surface area contributed by atoms with Crippen molar-refractivity contribution in [3.05, 3.63) is 301 Å². The fourth-order valence-electron chi connectivity index (χ4n) is 15.8. The molecule has 0 radical (unpaired) electrons. The highest BCUT2D eigenvalue weighted by Crippen LogP contribution is 2.50. The van der Waals surface area contributed by atoms with Crippen LogP contribution in [0.15, 0.2) is 273 Å². The molecule has 4 N–H and O–H groups in total. The van der Waals surface area contributed by atoms with Gasteiger partial charge in [-0.15, -0.1) is 0 Å². The molecule has 0 aliphatic heterocycles. The maximum absolute atomic E-state index is 7.38. The van der Waals surface area contributed by atoms with Crippen molar-refractivity contribution in [1.29, 1.82) is 0 Å². The zero-order valence-electron chi connectivity index (χ0n) is 61.8. The summed E-state index contributed by atoms with van der Waals surface area (Å²) in [5.41, 5.74) is 37.8. The summed E-state index contributed by atoms with van der Waals surface area (Å²) in [6, 6.07) is 101. The number of aromatic nitrogens is 5. The number of fused-ring (bicyclic) bond motifs is 11. The molecule has 4 aromatic heterocycles. The second kappa shape index (κ2) is 24.4. The number of hydrogen-bond acceptors (Lipinski definition) is 4. The lowest BCUT2D eigenvalue weighted by Gasteiger charge is -2.25. The SMILES string of the molecule is Cc1c(-c2ccc(N)c(Nc3cc(-c4ccccc4)ccc3Nc3ccccc3)c2)c(-n2c3ccc(C(C)(C)C)cc3c3cc(C(C)(C)C)ccc32)cc(-n2c3ccc(C(C)(C)C)cc3c3cc(C(C)(C)C)ccc32)c1-c1ccc2nc3n(-c4ccccc4)c4ccc(-c5ccccc5)cc4n3c2c1. The van der Waals surface area contributed by atoms with Gasteiger partial charge in [0.2, 0.25) is 5.78 Å². The van der Waals surface area contributed by atoms with E-state index in [2.05, 4.69) is 386 Å². The van der Waals surface area contributed by atoms with Crippen LogP contribution in [-0.4, -0.2) is 23.1 Å². The van der Waals surface area contributed by atoms with Gasteiger partial charge >= 0.3 is 0 Å². The third-order valence-corrected chi connectivity index (χ3v) is 21.5. The molecule has 0 aliphatic rings. The highest BCUT2D eigenvalue weighted by molar-refractivity contribution is 6.13. The van der Waals surface area contributed by atoms with Gasteiger partial charge in [0.25, 0.3) is 0 Å². The molecule has 0 atom stereocenters. The lowest BCUT2D eigenvalue weighted by atomic mass is 9.85. The van der Waals surface area contributed by atoms with Crippen LogP contribution < -0.4 is 16.4 Å². The first-order valence-corrected chi connectivity index (χ1v) is 36.5. The molecule has 0 bridgehead atoms. The van der Waals surface area contributed by atoms with Crippen molar-refractivity contribution < 1.29 is 0 Å². The minimum absolute atomic E-state index is 0.105. The van der Waals surface area contributed by atoms with Crippen molar-refractivity contribution in [2.24, 2.45) is 0 Å². The van der Waals surface area contributed by atoms with E-state index in [1.807, 2.05) is 6.07 Å². The predicted octanol–water partition coefficient (Wildman–Crippen LogP) is 25.9. The molecule has 512 valence electrons. The second-order valence-electron chi connectivity index (χ2n) is 32.6. The highest BCUT2D eigenvalue weighted by Gasteiger charge is 2.30. The number of anilines is 5. The Kier molecular flexibility index (Phi) is 15.4. The van der Waals surface area contributed by atoms with Crippen molar-refractivity contribution in [1.82, 2.24) is 23.1 Å². The topological polar surface area (TPSA) is 82.2 Å². The van der Waals surface area contributed by atoms with Crippen molar-refractivity contribution in [2.45, 2.75) is 112 Å². The van der Waals surface area contributed by atoms with Gasteiger partial charge in [-0.05, 0) is 217 Å². The molecule has 0 amide bonds. The first-order valence-electron chi connectivity index (χ1n) is 36.5. The van der Waals surface area contributed by atoms with Crippen LogP contribution in [-0.2, 0) is 21.7 Å². The monoisotopic (exact) mass is 1350 g/mol. The molecule has 0 spiro atoms. The van der Waals surface area contributed by atoms with Crippen LogP contribution >= 0.6 is 0 Å². The normalized spacial score (nSPS) is 12.5. The number of nitrogens with one attached hydrogen (secondary N) is 2. The van der Waals surface area contributed by atoms with Gasteiger partial charge in [0.15, 0.2) is 0 Å². The largest absolute Gasteiger partial charge is 0.397 e. The van der Waals surface area contributed by atoms with Gasteiger partial charge in [0, 0.05) is 44.0 Å². The lowest BCUT2D eigenvalue weighted by Crippen LogP contribution is -2.11. The number of imidazole rings is 2. The van der Waals surface area contributed by atoms with Crippen molar-refractivity contribution in [2.75, 3.05) is 16.4 Å². The fourth-order valence-corrected chi connectivity index (χ4v) is 15.8. The molecule has 0 saturated carbocycles. The maximum atomic E-state index is 7.38. The van der Waals surface area contributed by atoms with Crippen LogP contribution in [0.3, 0.4) is 0 Å². The molecule has 0 saturated heterocycles. The minimum Gasteiger partial charge on any atom is -0.397 e. The molecule has 0 fully saturated rings. The second-order valence-corrected chi connectivity index (χ2v) is 32.6. The maximum Gasteiger partial charge on any atom is 0.220 e. The van der Waals surface area contributed by atoms with Gasteiger partial charge in [-0.2, -0.15) is 0 Å². The Hall–Kier alpha value is -11.9. The Morgan fingerprint density at radius 1 is 0.308 bits per heavy atom. The Morgan fingerprint density at radius 2 is 0.712 bits per heavy atom. The predicted molar refractivity (Wildman–Crippen MR) is 443 cm³/mol. The summed E-state index contributed by atoms with van der Waals surface area (Å²) in [4.78, 5) is 5.61. The molecular formula is C96H88N8. The van der Waals surface area contributed by atoms with E-state index < -0.39 is 0 Å². The van der Waals surface area contributed by atoms with Crippen LogP contribution in [0.25, 0.3) is 133 Å². The summed E-state index contributed by atoms with van der Waals surface area (Å²) in [5, 5.41) is 12.6. The zero-order chi connectivity index (χ0) is 71.9. The summed E-state index contributed by atoms with van der Waals surface area (Å²) in [6.07, 6.45) is 0. The van der Waals surface area contributed by atoms with Crippen LogP contribution in [0, 0.1) is 6.92 Å². The molecular weight excluding hydrogens is 1270 g/mol. The summed E-state index contributed by atoms with van der Waals surface area (Å²) < 4.78 is 9.86. The molecule has 8 heteroatoms. The summed E-state index contributed by atoms with van der Waals surface area (Å²) >= 11 is 0.